The van der Waals surface area contributed by atoms with Crippen LogP contribution in [0.1, 0.15) is 0 Å². The summed E-state index contributed by atoms with van der Waals surface area (Å²) in [7, 11) is 2.15. The lowest BCUT2D eigenvalue weighted by atomic mass is 10.1. The van der Waals surface area contributed by atoms with Crippen LogP contribution in [0.3, 0.4) is 0 Å². The van der Waals surface area contributed by atoms with Crippen LogP contribution in [-0.4, -0.2) is 59.0 Å². The van der Waals surface area contributed by atoms with Crippen LogP contribution in [0.4, 0.5) is 27.4 Å². The van der Waals surface area contributed by atoms with Crippen molar-refractivity contribution in [1.29, 1.82) is 0 Å². The quantitative estimate of drug-likeness (QED) is 0.388. The van der Waals surface area contributed by atoms with E-state index in [-0.39, 0.29) is 6.33 Å². The van der Waals surface area contributed by atoms with Crippen LogP contribution >= 0.6 is 0 Å². The zero-order valence-electron chi connectivity index (χ0n) is 19.9. The molecule has 182 valence electrons. The van der Waals surface area contributed by atoms with Gasteiger partial charge in [0, 0.05) is 72.7 Å². The molecule has 0 unspecified atom stereocenters. The standard InChI is InChI=1S/C27H26FN7O/c1-34-13-15-35(16-14-34)22-7-5-20(6-8-22)32-27-30-18-19-3-2-4-23(26(19)33-27)24-17-21(10-12-29-24)31-25(36)9-11-28/h2-12,17-18H,13-16H2,1H3,(H,29,31,36)(H,30,32,33)/b11-9-. The van der Waals surface area contributed by atoms with Crippen LogP contribution in [0.5, 0.6) is 0 Å². The molecule has 2 N–H and O–H groups in total. The van der Waals surface area contributed by atoms with Gasteiger partial charge in [-0.1, -0.05) is 18.2 Å². The highest BCUT2D eigenvalue weighted by Gasteiger charge is 2.14. The van der Waals surface area contributed by atoms with E-state index in [9.17, 15) is 9.18 Å². The SMILES string of the molecule is CN1CCN(c2ccc(Nc3ncc4cccc(-c5cc(NC(=O)/C=C\F)ccn5)c4n3)cc2)CC1. The third-order valence-corrected chi connectivity index (χ3v) is 6.12. The number of piperazine rings is 1. The number of carbonyl (C=O) groups excluding carboxylic acids is 1. The van der Waals surface area contributed by atoms with Gasteiger partial charge in [-0.3, -0.25) is 9.78 Å². The molecular weight excluding hydrogens is 457 g/mol. The van der Waals surface area contributed by atoms with Crippen molar-refractivity contribution in [2.45, 2.75) is 0 Å². The van der Waals surface area contributed by atoms with Gasteiger partial charge in [-0.25, -0.2) is 14.4 Å². The molecule has 0 atom stereocenters. The predicted octanol–water partition coefficient (Wildman–Crippen LogP) is 4.61. The third kappa shape index (κ3) is 5.31. The molecule has 3 heterocycles. The van der Waals surface area contributed by atoms with Crippen LogP contribution in [-0.2, 0) is 4.79 Å². The number of amides is 1. The van der Waals surface area contributed by atoms with Gasteiger partial charge in [0.2, 0.25) is 5.95 Å². The zero-order chi connectivity index (χ0) is 24.9. The second kappa shape index (κ2) is 10.5. The number of anilines is 4. The number of fused-ring (bicyclic) bond motifs is 1. The molecule has 1 amide bonds. The lowest BCUT2D eigenvalue weighted by Gasteiger charge is -2.34. The highest BCUT2D eigenvalue weighted by molar-refractivity contribution is 6.00. The van der Waals surface area contributed by atoms with Crippen LogP contribution in [0.15, 0.2) is 79.4 Å². The van der Waals surface area contributed by atoms with Gasteiger partial charge in [0.25, 0.3) is 5.91 Å². The Morgan fingerprint density at radius 1 is 1.00 bits per heavy atom. The maximum absolute atomic E-state index is 12.3. The number of nitrogens with zero attached hydrogens (tertiary/aromatic N) is 5. The number of pyridine rings is 1. The average Bonchev–Trinajstić information content (AvgIpc) is 2.89. The number of likely N-dealkylation sites (N-methyl/N-ethyl adjacent to an activating group) is 1. The highest BCUT2D eigenvalue weighted by atomic mass is 19.1. The molecule has 4 aromatic rings. The van der Waals surface area contributed by atoms with Gasteiger partial charge in [0.15, 0.2) is 0 Å². The van der Waals surface area contributed by atoms with Gasteiger partial charge in [-0.15, -0.1) is 0 Å². The van der Waals surface area contributed by atoms with E-state index < -0.39 is 5.91 Å². The number of aromatic nitrogens is 3. The van der Waals surface area contributed by atoms with E-state index in [1.54, 1.807) is 24.5 Å². The van der Waals surface area contributed by atoms with Gasteiger partial charge >= 0.3 is 0 Å². The summed E-state index contributed by atoms with van der Waals surface area (Å²) in [6.07, 6.45) is 4.38. The molecule has 8 nitrogen and oxygen atoms in total. The van der Waals surface area contributed by atoms with Crippen molar-refractivity contribution >= 4 is 39.8 Å². The first-order valence-corrected chi connectivity index (χ1v) is 11.7. The Balaban J connectivity index is 1.38. The lowest BCUT2D eigenvalue weighted by Crippen LogP contribution is -2.44. The molecule has 0 saturated carbocycles. The number of halogens is 1. The molecule has 36 heavy (non-hydrogen) atoms. The monoisotopic (exact) mass is 483 g/mol. The fraction of sp³-hybridized carbons (Fsp3) is 0.185. The summed E-state index contributed by atoms with van der Waals surface area (Å²) in [6, 6.07) is 17.4. The van der Waals surface area contributed by atoms with Crippen LogP contribution in [0.2, 0.25) is 0 Å². The lowest BCUT2D eigenvalue weighted by molar-refractivity contribution is -0.111. The molecule has 2 aromatic carbocycles. The minimum Gasteiger partial charge on any atom is -0.369 e. The maximum Gasteiger partial charge on any atom is 0.250 e. The van der Waals surface area contributed by atoms with E-state index >= 15 is 0 Å². The van der Waals surface area contributed by atoms with Gasteiger partial charge in [0.1, 0.15) is 0 Å². The largest absolute Gasteiger partial charge is 0.369 e. The number of hydrogen-bond donors (Lipinski definition) is 2. The first-order valence-electron chi connectivity index (χ1n) is 11.7. The summed E-state index contributed by atoms with van der Waals surface area (Å²) in [5.41, 5.74) is 4.75. The Bertz CT molecular complexity index is 1400. The molecule has 1 aliphatic rings. The van der Waals surface area contributed by atoms with Crippen molar-refractivity contribution in [3.63, 3.8) is 0 Å². The number of rotatable bonds is 6. The molecule has 0 spiro atoms. The minimum atomic E-state index is -0.556. The van der Waals surface area contributed by atoms with Gasteiger partial charge < -0.3 is 20.4 Å². The fourth-order valence-electron chi connectivity index (χ4n) is 4.17. The zero-order valence-corrected chi connectivity index (χ0v) is 19.9. The maximum atomic E-state index is 12.3. The smallest absolute Gasteiger partial charge is 0.250 e. The molecule has 1 saturated heterocycles. The Kier molecular flexibility index (Phi) is 6.81. The molecular formula is C27H26FN7O. The first kappa shape index (κ1) is 23.4. The van der Waals surface area contributed by atoms with E-state index in [1.807, 2.05) is 30.3 Å². The predicted molar refractivity (Wildman–Crippen MR) is 141 cm³/mol. The first-order chi connectivity index (χ1) is 17.6. The summed E-state index contributed by atoms with van der Waals surface area (Å²) >= 11 is 0. The molecule has 1 aliphatic heterocycles. The van der Waals surface area contributed by atoms with Gasteiger partial charge in [-0.2, -0.15) is 0 Å². The minimum absolute atomic E-state index is 0.202. The number of carbonyl (C=O) groups is 1. The Labute approximate surface area is 208 Å². The molecule has 0 bridgehead atoms. The molecule has 5 rings (SSSR count). The van der Waals surface area contributed by atoms with Gasteiger partial charge in [-0.05, 0) is 43.4 Å². The second-order valence-electron chi connectivity index (χ2n) is 8.61. The van der Waals surface area contributed by atoms with E-state index in [2.05, 4.69) is 49.6 Å². The number of hydrogen-bond acceptors (Lipinski definition) is 7. The summed E-state index contributed by atoms with van der Waals surface area (Å²) < 4.78 is 12.3. The molecule has 0 radical (unpaired) electrons. The van der Waals surface area contributed by atoms with Gasteiger partial charge in [0.05, 0.1) is 17.5 Å². The van der Waals surface area contributed by atoms with Crippen molar-refractivity contribution in [3.05, 3.63) is 79.4 Å². The number of nitrogens with one attached hydrogen (secondary N) is 2. The van der Waals surface area contributed by atoms with E-state index in [0.717, 1.165) is 54.4 Å². The highest BCUT2D eigenvalue weighted by Crippen LogP contribution is 2.28. The van der Waals surface area contributed by atoms with E-state index in [4.69, 9.17) is 4.98 Å². The van der Waals surface area contributed by atoms with Crippen molar-refractivity contribution in [3.8, 4) is 11.3 Å². The number of benzene rings is 2. The Morgan fingerprint density at radius 2 is 1.81 bits per heavy atom. The van der Waals surface area contributed by atoms with Crippen molar-refractivity contribution in [1.82, 2.24) is 19.9 Å². The average molecular weight is 484 g/mol. The van der Waals surface area contributed by atoms with Crippen molar-refractivity contribution < 1.29 is 9.18 Å². The van der Waals surface area contributed by atoms with Crippen LogP contribution in [0.25, 0.3) is 22.2 Å². The summed E-state index contributed by atoms with van der Waals surface area (Å²) in [6.45, 7) is 4.16. The fourth-order valence-corrected chi connectivity index (χ4v) is 4.17. The summed E-state index contributed by atoms with van der Waals surface area (Å²) in [4.78, 5) is 30.1. The number of para-hydroxylation sites is 1. The molecule has 1 fully saturated rings. The molecule has 2 aromatic heterocycles. The summed E-state index contributed by atoms with van der Waals surface area (Å²) in [5.74, 6) is -0.0835. The topological polar surface area (TPSA) is 86.3 Å². The second-order valence-corrected chi connectivity index (χ2v) is 8.61. The molecule has 0 aliphatic carbocycles. The Hall–Kier alpha value is -4.37. The van der Waals surface area contributed by atoms with Crippen LogP contribution in [0, 0.1) is 0 Å². The normalized spacial score (nSPS) is 14.3. The Morgan fingerprint density at radius 3 is 2.58 bits per heavy atom. The van der Waals surface area contributed by atoms with Crippen LogP contribution < -0.4 is 15.5 Å². The van der Waals surface area contributed by atoms with E-state index in [0.29, 0.717) is 17.3 Å². The van der Waals surface area contributed by atoms with Crippen molar-refractivity contribution in [2.75, 3.05) is 48.8 Å². The van der Waals surface area contributed by atoms with E-state index in [1.165, 1.54) is 5.69 Å². The summed E-state index contributed by atoms with van der Waals surface area (Å²) in [5, 5.41) is 6.77. The molecule has 9 heteroatoms. The third-order valence-electron chi connectivity index (χ3n) is 6.12. The van der Waals surface area contributed by atoms with Crippen molar-refractivity contribution in [2.24, 2.45) is 0 Å².